The van der Waals surface area contributed by atoms with E-state index in [4.69, 9.17) is 23.2 Å². The van der Waals surface area contributed by atoms with Gasteiger partial charge in [0.2, 0.25) is 5.91 Å². The molecule has 1 N–H and O–H groups in total. The van der Waals surface area contributed by atoms with Gasteiger partial charge in [0.05, 0.1) is 5.41 Å². The summed E-state index contributed by atoms with van der Waals surface area (Å²) in [6.45, 7) is 4.71. The molecular formula is C11H19Cl2NO. The van der Waals surface area contributed by atoms with Crippen molar-refractivity contribution >= 4 is 29.1 Å². The topological polar surface area (TPSA) is 29.1 Å². The maximum atomic E-state index is 11.7. The second kappa shape index (κ2) is 4.92. The van der Waals surface area contributed by atoms with Crippen LogP contribution in [0, 0.1) is 5.41 Å². The van der Waals surface area contributed by atoms with Crippen LogP contribution in [0.25, 0.3) is 0 Å². The van der Waals surface area contributed by atoms with Crippen molar-refractivity contribution in [2.24, 2.45) is 5.41 Å². The predicted octanol–water partition coefficient (Wildman–Crippen LogP) is 3.27. The Labute approximate surface area is 102 Å². The fourth-order valence-corrected chi connectivity index (χ4v) is 2.30. The zero-order valence-corrected chi connectivity index (χ0v) is 10.9. The lowest BCUT2D eigenvalue weighted by molar-refractivity contribution is -0.125. The van der Waals surface area contributed by atoms with E-state index in [-0.39, 0.29) is 5.91 Å². The molecule has 0 heterocycles. The van der Waals surface area contributed by atoms with Gasteiger partial charge in [0, 0.05) is 6.54 Å². The lowest BCUT2D eigenvalue weighted by atomic mass is 10.1. The third-order valence-electron chi connectivity index (χ3n) is 3.07. The van der Waals surface area contributed by atoms with Gasteiger partial charge in [0.1, 0.15) is 4.33 Å². The van der Waals surface area contributed by atoms with Gasteiger partial charge in [-0.25, -0.2) is 0 Å². The molecule has 88 valence electrons. The molecule has 1 rings (SSSR count). The van der Waals surface area contributed by atoms with Crippen LogP contribution in [0.4, 0.5) is 0 Å². The van der Waals surface area contributed by atoms with Gasteiger partial charge in [0.15, 0.2) is 0 Å². The Morgan fingerprint density at radius 3 is 2.40 bits per heavy atom. The van der Waals surface area contributed by atoms with Crippen LogP contribution in [0.5, 0.6) is 0 Å². The van der Waals surface area contributed by atoms with Crippen LogP contribution in [0.1, 0.15) is 46.0 Å². The SMILES string of the molecule is CCCCCCNC(=O)[C@]1(C)CC1(Cl)Cl. The Bertz CT molecular complexity index is 243. The maximum Gasteiger partial charge on any atom is 0.229 e. The molecule has 1 amide bonds. The van der Waals surface area contributed by atoms with Crippen LogP contribution in [-0.2, 0) is 4.79 Å². The zero-order chi connectivity index (χ0) is 11.5. The smallest absolute Gasteiger partial charge is 0.229 e. The van der Waals surface area contributed by atoms with Gasteiger partial charge in [-0.1, -0.05) is 26.2 Å². The molecule has 0 aromatic rings. The summed E-state index contributed by atoms with van der Waals surface area (Å²) in [5.74, 6) is -0.0102. The summed E-state index contributed by atoms with van der Waals surface area (Å²) >= 11 is 11.8. The number of carbonyl (C=O) groups is 1. The van der Waals surface area contributed by atoms with Crippen LogP contribution < -0.4 is 5.32 Å². The first kappa shape index (κ1) is 13.1. The quantitative estimate of drug-likeness (QED) is 0.570. The molecular weight excluding hydrogens is 233 g/mol. The van der Waals surface area contributed by atoms with E-state index < -0.39 is 9.75 Å². The maximum absolute atomic E-state index is 11.7. The number of carbonyl (C=O) groups excluding carboxylic acids is 1. The first-order chi connectivity index (χ1) is 6.94. The Hall–Kier alpha value is 0.0500. The number of amides is 1. The third kappa shape index (κ3) is 3.01. The fraction of sp³-hybridized carbons (Fsp3) is 0.909. The van der Waals surface area contributed by atoms with Crippen LogP contribution in [0.2, 0.25) is 0 Å². The molecule has 4 heteroatoms. The number of nitrogens with one attached hydrogen (secondary N) is 1. The van der Waals surface area contributed by atoms with E-state index in [0.29, 0.717) is 6.42 Å². The summed E-state index contributed by atoms with van der Waals surface area (Å²) in [5.41, 5.74) is -0.569. The standard InChI is InChI=1S/C11H19Cl2NO/c1-3-4-5-6-7-14-9(15)10(2)8-11(10,12)13/h3-8H2,1-2H3,(H,14,15)/t10-/m0/s1. The molecule has 0 spiro atoms. The molecule has 0 aliphatic heterocycles. The summed E-state index contributed by atoms with van der Waals surface area (Å²) in [4.78, 5) is 11.7. The van der Waals surface area contributed by atoms with E-state index in [9.17, 15) is 4.79 Å². The van der Waals surface area contributed by atoms with Crippen molar-refractivity contribution in [1.82, 2.24) is 5.32 Å². The van der Waals surface area contributed by atoms with Gasteiger partial charge >= 0.3 is 0 Å². The molecule has 2 nitrogen and oxygen atoms in total. The highest BCUT2D eigenvalue weighted by atomic mass is 35.5. The predicted molar refractivity (Wildman–Crippen MR) is 64.3 cm³/mol. The summed E-state index contributed by atoms with van der Waals surface area (Å²) in [6, 6.07) is 0. The molecule has 0 aromatic heterocycles. The molecule has 0 unspecified atom stereocenters. The first-order valence-corrected chi connectivity index (χ1v) is 6.36. The number of alkyl halides is 2. The van der Waals surface area contributed by atoms with Crippen LogP contribution in [0.15, 0.2) is 0 Å². The summed E-state index contributed by atoms with van der Waals surface area (Å²) < 4.78 is -0.847. The summed E-state index contributed by atoms with van der Waals surface area (Å²) in [6.07, 6.45) is 5.19. The van der Waals surface area contributed by atoms with Crippen LogP contribution in [0.3, 0.4) is 0 Å². The zero-order valence-electron chi connectivity index (χ0n) is 9.41. The highest BCUT2D eigenvalue weighted by Gasteiger charge is 2.67. The van der Waals surface area contributed by atoms with Crippen molar-refractivity contribution in [3.63, 3.8) is 0 Å². The van der Waals surface area contributed by atoms with Gasteiger partial charge in [-0.3, -0.25) is 4.79 Å². The van der Waals surface area contributed by atoms with Gasteiger partial charge in [-0.2, -0.15) is 0 Å². The van der Waals surface area contributed by atoms with Crippen molar-refractivity contribution in [1.29, 1.82) is 0 Å². The lowest BCUT2D eigenvalue weighted by Crippen LogP contribution is -2.33. The minimum Gasteiger partial charge on any atom is -0.356 e. The van der Waals surface area contributed by atoms with E-state index in [0.717, 1.165) is 13.0 Å². The average Bonchev–Trinajstić information content (AvgIpc) is 2.67. The largest absolute Gasteiger partial charge is 0.356 e. The molecule has 0 aromatic carbocycles. The van der Waals surface area contributed by atoms with Gasteiger partial charge in [0.25, 0.3) is 0 Å². The lowest BCUT2D eigenvalue weighted by Gasteiger charge is -2.12. The molecule has 0 saturated heterocycles. The van der Waals surface area contributed by atoms with E-state index in [1.54, 1.807) is 0 Å². The monoisotopic (exact) mass is 251 g/mol. The van der Waals surface area contributed by atoms with Gasteiger partial charge in [-0.05, 0) is 19.8 Å². The molecule has 1 aliphatic carbocycles. The fourth-order valence-electron chi connectivity index (χ4n) is 1.60. The molecule has 1 aliphatic rings. The minimum atomic E-state index is -0.847. The number of unbranched alkanes of at least 4 members (excludes halogenated alkanes) is 3. The number of hydrogen-bond donors (Lipinski definition) is 1. The third-order valence-corrected chi connectivity index (χ3v) is 4.18. The second-order valence-electron chi connectivity index (χ2n) is 4.53. The van der Waals surface area contributed by atoms with Crippen LogP contribution >= 0.6 is 23.2 Å². The number of rotatable bonds is 6. The van der Waals surface area contributed by atoms with Crippen LogP contribution in [-0.4, -0.2) is 16.8 Å². The summed E-state index contributed by atoms with van der Waals surface area (Å²) in [5, 5.41) is 2.89. The number of halogens is 2. The van der Waals surface area contributed by atoms with Crippen molar-refractivity contribution < 1.29 is 4.79 Å². The Morgan fingerprint density at radius 1 is 1.33 bits per heavy atom. The molecule has 15 heavy (non-hydrogen) atoms. The highest BCUT2D eigenvalue weighted by molar-refractivity contribution is 6.53. The second-order valence-corrected chi connectivity index (χ2v) is 6.01. The van der Waals surface area contributed by atoms with Crippen molar-refractivity contribution in [3.8, 4) is 0 Å². The van der Waals surface area contributed by atoms with E-state index in [1.807, 2.05) is 6.92 Å². The van der Waals surface area contributed by atoms with E-state index in [2.05, 4.69) is 12.2 Å². The normalized spacial score (nSPS) is 27.5. The molecule has 1 fully saturated rings. The Morgan fingerprint density at radius 2 is 1.93 bits per heavy atom. The minimum absolute atomic E-state index is 0.0102. The van der Waals surface area contributed by atoms with E-state index in [1.165, 1.54) is 19.3 Å². The summed E-state index contributed by atoms with van der Waals surface area (Å²) in [7, 11) is 0. The van der Waals surface area contributed by atoms with Gasteiger partial charge in [-0.15, -0.1) is 23.2 Å². The molecule has 1 saturated carbocycles. The van der Waals surface area contributed by atoms with Crippen molar-refractivity contribution in [3.05, 3.63) is 0 Å². The molecule has 1 atom stereocenters. The van der Waals surface area contributed by atoms with Crippen molar-refractivity contribution in [2.75, 3.05) is 6.54 Å². The molecule has 0 bridgehead atoms. The van der Waals surface area contributed by atoms with E-state index >= 15 is 0 Å². The number of hydrogen-bond acceptors (Lipinski definition) is 1. The Balaban J connectivity index is 2.15. The highest BCUT2D eigenvalue weighted by Crippen LogP contribution is 2.63. The Kier molecular flexibility index (Phi) is 4.30. The molecule has 0 radical (unpaired) electrons. The van der Waals surface area contributed by atoms with Crippen molar-refractivity contribution in [2.45, 2.75) is 50.3 Å². The van der Waals surface area contributed by atoms with Gasteiger partial charge < -0.3 is 5.32 Å². The first-order valence-electron chi connectivity index (χ1n) is 5.60. The average molecular weight is 252 g/mol.